The van der Waals surface area contributed by atoms with Crippen LogP contribution in [-0.4, -0.2) is 11.9 Å². The van der Waals surface area contributed by atoms with Crippen molar-refractivity contribution in [3.8, 4) is 0 Å². The molecule has 2 atom stereocenters. The average Bonchev–Trinajstić information content (AvgIpc) is 2.32. The fraction of sp³-hybridized carbons (Fsp3) is 0.462. The van der Waals surface area contributed by atoms with Crippen molar-refractivity contribution in [2.45, 2.75) is 38.8 Å². The second-order valence-corrected chi connectivity index (χ2v) is 5.35. The highest BCUT2D eigenvalue weighted by molar-refractivity contribution is 6.36. The molecule has 0 bridgehead atoms. The molecule has 0 spiro atoms. The van der Waals surface area contributed by atoms with Crippen LogP contribution >= 0.6 is 23.2 Å². The van der Waals surface area contributed by atoms with Crippen molar-refractivity contribution in [1.82, 2.24) is 5.32 Å². The molecule has 0 saturated carbocycles. The van der Waals surface area contributed by atoms with Crippen LogP contribution in [0, 0.1) is 5.82 Å². The van der Waals surface area contributed by atoms with Gasteiger partial charge in [-0.15, -0.1) is 0 Å². The zero-order valence-corrected chi connectivity index (χ0v) is 12.4. The van der Waals surface area contributed by atoms with Gasteiger partial charge < -0.3 is 11.1 Å². The first-order valence-electron chi connectivity index (χ1n) is 6.01. The fourth-order valence-electron chi connectivity index (χ4n) is 1.68. The Bertz CT molecular complexity index is 466. The number of nitrogens with two attached hydrogens (primary N) is 1. The summed E-state index contributed by atoms with van der Waals surface area (Å²) in [7, 11) is 0. The van der Waals surface area contributed by atoms with Gasteiger partial charge in [0, 0.05) is 23.0 Å². The second kappa shape index (κ2) is 7.08. The Morgan fingerprint density at radius 1 is 1.42 bits per heavy atom. The summed E-state index contributed by atoms with van der Waals surface area (Å²) in [4.78, 5) is 11.7. The van der Waals surface area contributed by atoms with Gasteiger partial charge in [0.25, 0.3) is 0 Å². The van der Waals surface area contributed by atoms with Crippen molar-refractivity contribution in [2.75, 3.05) is 0 Å². The summed E-state index contributed by atoms with van der Waals surface area (Å²) < 4.78 is 13.4. The number of hydrogen-bond donors (Lipinski definition) is 2. The van der Waals surface area contributed by atoms with E-state index in [0.717, 1.165) is 0 Å². The lowest BCUT2D eigenvalue weighted by Gasteiger charge is -2.18. The third-order valence-electron chi connectivity index (χ3n) is 2.72. The molecule has 0 aromatic heterocycles. The van der Waals surface area contributed by atoms with E-state index in [1.165, 1.54) is 12.1 Å². The molecule has 0 aliphatic carbocycles. The van der Waals surface area contributed by atoms with Gasteiger partial charge in [0.1, 0.15) is 5.82 Å². The average molecular weight is 307 g/mol. The summed E-state index contributed by atoms with van der Waals surface area (Å²) in [5, 5.41) is 2.99. The highest BCUT2D eigenvalue weighted by Gasteiger charge is 2.18. The minimum absolute atomic E-state index is 0.0394. The summed E-state index contributed by atoms with van der Waals surface area (Å²) in [5.41, 5.74) is 5.97. The van der Waals surface area contributed by atoms with E-state index in [1.54, 1.807) is 6.92 Å². The summed E-state index contributed by atoms with van der Waals surface area (Å²) in [5.74, 6) is -0.723. The number of amides is 1. The summed E-state index contributed by atoms with van der Waals surface area (Å²) in [6.07, 6.45) is 0.899. The van der Waals surface area contributed by atoms with Crippen LogP contribution in [0.5, 0.6) is 0 Å². The molecule has 0 fully saturated rings. The van der Waals surface area contributed by atoms with E-state index in [-0.39, 0.29) is 17.0 Å². The SMILES string of the molecule is CC(N)CCC(=O)NC(C)c1c(Cl)ccc(F)c1Cl. The molecule has 1 amide bonds. The Hall–Kier alpha value is -0.840. The predicted octanol–water partition coefficient (Wildman–Crippen LogP) is 3.44. The number of rotatable bonds is 5. The molecule has 19 heavy (non-hydrogen) atoms. The molecule has 0 radical (unpaired) electrons. The van der Waals surface area contributed by atoms with Crippen LogP contribution in [0.15, 0.2) is 12.1 Å². The number of benzene rings is 1. The van der Waals surface area contributed by atoms with Crippen LogP contribution in [0.2, 0.25) is 10.0 Å². The van der Waals surface area contributed by atoms with Gasteiger partial charge in [0.15, 0.2) is 0 Å². The van der Waals surface area contributed by atoms with Crippen molar-refractivity contribution >= 4 is 29.1 Å². The van der Waals surface area contributed by atoms with Crippen LogP contribution in [0.4, 0.5) is 4.39 Å². The number of carbonyl (C=O) groups excluding carboxylic acids is 1. The minimum Gasteiger partial charge on any atom is -0.349 e. The smallest absolute Gasteiger partial charge is 0.220 e. The van der Waals surface area contributed by atoms with Gasteiger partial charge in [-0.3, -0.25) is 4.79 Å². The molecule has 0 aliphatic rings. The molecule has 1 aromatic carbocycles. The summed E-state index contributed by atoms with van der Waals surface area (Å²) in [6, 6.07) is 2.11. The minimum atomic E-state index is -0.558. The zero-order valence-electron chi connectivity index (χ0n) is 10.8. The molecule has 1 rings (SSSR count). The molecule has 0 heterocycles. The largest absolute Gasteiger partial charge is 0.349 e. The molecule has 1 aromatic rings. The topological polar surface area (TPSA) is 55.1 Å². The molecular weight excluding hydrogens is 290 g/mol. The normalized spacial score (nSPS) is 14.0. The van der Waals surface area contributed by atoms with E-state index >= 15 is 0 Å². The standard InChI is InChI=1S/C13H17Cl2FN2O/c1-7(17)3-6-11(19)18-8(2)12-9(14)4-5-10(16)13(12)15/h4-5,7-8H,3,6,17H2,1-2H3,(H,18,19). The Balaban J connectivity index is 2.76. The van der Waals surface area contributed by atoms with E-state index in [1.807, 2.05) is 6.92 Å². The van der Waals surface area contributed by atoms with E-state index in [2.05, 4.69) is 5.32 Å². The number of halogens is 3. The first-order chi connectivity index (χ1) is 8.82. The molecule has 6 heteroatoms. The first kappa shape index (κ1) is 16.2. The van der Waals surface area contributed by atoms with Crippen molar-refractivity contribution in [3.63, 3.8) is 0 Å². The van der Waals surface area contributed by atoms with Gasteiger partial charge in [0.05, 0.1) is 11.1 Å². The van der Waals surface area contributed by atoms with E-state index in [9.17, 15) is 9.18 Å². The maximum atomic E-state index is 13.4. The van der Waals surface area contributed by atoms with Crippen molar-refractivity contribution in [2.24, 2.45) is 5.73 Å². The molecule has 0 saturated heterocycles. The predicted molar refractivity (Wildman–Crippen MR) is 75.9 cm³/mol. The molecular formula is C13H17Cl2FN2O. The van der Waals surface area contributed by atoms with E-state index in [0.29, 0.717) is 23.4 Å². The number of nitrogens with one attached hydrogen (secondary N) is 1. The van der Waals surface area contributed by atoms with Gasteiger partial charge in [-0.1, -0.05) is 23.2 Å². The maximum Gasteiger partial charge on any atom is 0.220 e. The lowest BCUT2D eigenvalue weighted by atomic mass is 10.1. The van der Waals surface area contributed by atoms with E-state index < -0.39 is 11.9 Å². The van der Waals surface area contributed by atoms with E-state index in [4.69, 9.17) is 28.9 Å². The zero-order chi connectivity index (χ0) is 14.6. The van der Waals surface area contributed by atoms with Crippen molar-refractivity contribution < 1.29 is 9.18 Å². The van der Waals surface area contributed by atoms with Crippen molar-refractivity contribution in [1.29, 1.82) is 0 Å². The number of hydrogen-bond acceptors (Lipinski definition) is 2. The quantitative estimate of drug-likeness (QED) is 0.819. The third kappa shape index (κ3) is 4.64. The number of carbonyl (C=O) groups is 1. The van der Waals surface area contributed by atoms with Crippen LogP contribution in [0.3, 0.4) is 0 Å². The highest BCUT2D eigenvalue weighted by atomic mass is 35.5. The maximum absolute atomic E-state index is 13.4. The monoisotopic (exact) mass is 306 g/mol. The van der Waals surface area contributed by atoms with Gasteiger partial charge in [0.2, 0.25) is 5.91 Å². The lowest BCUT2D eigenvalue weighted by Crippen LogP contribution is -2.28. The molecule has 3 N–H and O–H groups in total. The molecule has 3 nitrogen and oxygen atoms in total. The Labute approximate surface area is 122 Å². The van der Waals surface area contributed by atoms with Crippen LogP contribution < -0.4 is 11.1 Å². The molecule has 106 valence electrons. The first-order valence-corrected chi connectivity index (χ1v) is 6.76. The third-order valence-corrected chi connectivity index (χ3v) is 3.43. The van der Waals surface area contributed by atoms with Gasteiger partial charge in [-0.2, -0.15) is 0 Å². The molecule has 2 unspecified atom stereocenters. The summed E-state index contributed by atoms with van der Waals surface area (Å²) >= 11 is 11.9. The van der Waals surface area contributed by atoms with Crippen LogP contribution in [-0.2, 0) is 4.79 Å². The lowest BCUT2D eigenvalue weighted by molar-refractivity contribution is -0.121. The highest BCUT2D eigenvalue weighted by Crippen LogP contribution is 2.32. The summed E-state index contributed by atoms with van der Waals surface area (Å²) in [6.45, 7) is 3.54. The van der Waals surface area contributed by atoms with Crippen LogP contribution in [0.25, 0.3) is 0 Å². The Kier molecular flexibility index (Phi) is 6.04. The Morgan fingerprint density at radius 3 is 2.63 bits per heavy atom. The molecule has 0 aliphatic heterocycles. The van der Waals surface area contributed by atoms with Crippen molar-refractivity contribution in [3.05, 3.63) is 33.6 Å². The Morgan fingerprint density at radius 2 is 2.05 bits per heavy atom. The van der Waals surface area contributed by atoms with Gasteiger partial charge in [-0.05, 0) is 32.4 Å². The van der Waals surface area contributed by atoms with Gasteiger partial charge >= 0.3 is 0 Å². The fourth-order valence-corrected chi connectivity index (χ4v) is 2.38. The van der Waals surface area contributed by atoms with Gasteiger partial charge in [-0.25, -0.2) is 4.39 Å². The van der Waals surface area contributed by atoms with Crippen LogP contribution in [0.1, 0.15) is 38.3 Å². The second-order valence-electron chi connectivity index (χ2n) is 4.56.